The Morgan fingerprint density at radius 2 is 0.791 bits per heavy atom. The normalized spacial score (nSPS) is 12.5. The number of hydrogen-bond donors (Lipinski definition) is 2. The van der Waals surface area contributed by atoms with Crippen LogP contribution in [0.15, 0.2) is 92.4 Å². The molecule has 4 aromatic rings. The molecule has 0 saturated carbocycles. The topological polar surface area (TPSA) is 58.2 Å². The summed E-state index contributed by atoms with van der Waals surface area (Å²) < 4.78 is 0. The number of rotatable bonds is 10. The summed E-state index contributed by atoms with van der Waals surface area (Å²) in [6.45, 7) is 16.1. The number of aryl methyl sites for hydroxylation is 6. The molecule has 0 aliphatic rings. The van der Waals surface area contributed by atoms with E-state index in [2.05, 4.69) is 97.3 Å². The van der Waals surface area contributed by atoms with Crippen LogP contribution < -0.4 is 10.6 Å². The number of nitrogens with one attached hydrogen (secondary N) is 2. The van der Waals surface area contributed by atoms with Crippen LogP contribution in [0.3, 0.4) is 0 Å². The van der Waals surface area contributed by atoms with E-state index in [-0.39, 0.29) is 22.3 Å². The monoisotopic (exact) mass is 628 g/mol. The van der Waals surface area contributed by atoms with Crippen LogP contribution >= 0.6 is 35.3 Å². The van der Waals surface area contributed by atoms with Gasteiger partial charge in [-0.3, -0.25) is 9.59 Å². The van der Waals surface area contributed by atoms with Gasteiger partial charge in [0.2, 0.25) is 11.8 Å². The predicted molar refractivity (Wildman–Crippen MR) is 186 cm³/mol. The van der Waals surface area contributed by atoms with Gasteiger partial charge in [0.05, 0.1) is 10.5 Å². The summed E-state index contributed by atoms with van der Waals surface area (Å²) >= 11 is 4.80. The third-order valence-electron chi connectivity index (χ3n) is 7.10. The van der Waals surface area contributed by atoms with E-state index in [1.54, 1.807) is 35.3 Å². The summed E-state index contributed by atoms with van der Waals surface area (Å²) in [5, 5.41) is 5.79. The van der Waals surface area contributed by atoms with Crippen LogP contribution in [0.5, 0.6) is 0 Å². The first-order chi connectivity index (χ1) is 20.4. The Morgan fingerprint density at radius 3 is 1.09 bits per heavy atom. The smallest absolute Gasteiger partial charge is 0.237 e. The van der Waals surface area contributed by atoms with E-state index in [0.717, 1.165) is 53.2 Å². The molecule has 224 valence electrons. The number of hydrogen-bond acceptors (Lipinski definition) is 5. The van der Waals surface area contributed by atoms with Crippen LogP contribution in [0.1, 0.15) is 47.2 Å². The van der Waals surface area contributed by atoms with E-state index < -0.39 is 0 Å². The first kappa shape index (κ1) is 32.8. The van der Waals surface area contributed by atoms with E-state index in [4.69, 9.17) is 0 Å². The van der Waals surface area contributed by atoms with Crippen molar-refractivity contribution < 1.29 is 9.59 Å². The average Bonchev–Trinajstić information content (AvgIpc) is 2.94. The van der Waals surface area contributed by atoms with Crippen molar-refractivity contribution in [3.8, 4) is 0 Å². The fraction of sp³-hybridized carbons (Fsp3) is 0.278. The van der Waals surface area contributed by atoms with Gasteiger partial charge in [-0.05, 0) is 126 Å². The highest BCUT2D eigenvalue weighted by Gasteiger charge is 2.18. The molecule has 0 unspecified atom stereocenters. The second-order valence-electron chi connectivity index (χ2n) is 11.1. The lowest BCUT2D eigenvalue weighted by Crippen LogP contribution is -2.23. The average molecular weight is 629 g/mol. The Kier molecular flexibility index (Phi) is 11.1. The molecule has 0 spiro atoms. The molecule has 0 fully saturated rings. The minimum atomic E-state index is -0.224. The van der Waals surface area contributed by atoms with Crippen LogP contribution in [0, 0.1) is 41.5 Å². The quantitative estimate of drug-likeness (QED) is 0.171. The maximum absolute atomic E-state index is 12.9. The number of amides is 2. The zero-order valence-corrected chi connectivity index (χ0v) is 28.6. The van der Waals surface area contributed by atoms with Crippen LogP contribution in [0.4, 0.5) is 11.4 Å². The van der Waals surface area contributed by atoms with Gasteiger partial charge < -0.3 is 10.6 Å². The van der Waals surface area contributed by atoms with Gasteiger partial charge in [0.25, 0.3) is 0 Å². The second kappa shape index (κ2) is 14.6. The predicted octanol–water partition coefficient (Wildman–Crippen LogP) is 9.93. The lowest BCUT2D eigenvalue weighted by Gasteiger charge is -2.16. The second-order valence-corrected chi connectivity index (χ2v) is 15.1. The number of anilines is 2. The zero-order chi connectivity index (χ0) is 31.3. The van der Waals surface area contributed by atoms with Gasteiger partial charge >= 0.3 is 0 Å². The Bertz CT molecular complexity index is 1450. The molecule has 2 atom stereocenters. The van der Waals surface area contributed by atoms with E-state index in [1.807, 2.05) is 41.5 Å². The molecular formula is C36H40N2O2S3. The van der Waals surface area contributed by atoms with Gasteiger partial charge in [-0.15, -0.1) is 23.5 Å². The van der Waals surface area contributed by atoms with Crippen molar-refractivity contribution in [2.45, 2.75) is 85.5 Å². The summed E-state index contributed by atoms with van der Waals surface area (Å²) in [6.07, 6.45) is 0. The van der Waals surface area contributed by atoms with Gasteiger partial charge in [0.15, 0.2) is 0 Å². The van der Waals surface area contributed by atoms with Gasteiger partial charge in [0, 0.05) is 31.0 Å². The van der Waals surface area contributed by atoms with Crippen molar-refractivity contribution in [2.75, 3.05) is 10.6 Å². The molecule has 7 heteroatoms. The molecule has 4 aromatic carbocycles. The third-order valence-corrected chi connectivity index (χ3v) is 10.3. The number of benzene rings is 4. The Morgan fingerprint density at radius 1 is 0.512 bits per heavy atom. The number of carbonyl (C=O) groups excluding carboxylic acids is 2. The molecule has 2 N–H and O–H groups in total. The van der Waals surface area contributed by atoms with Gasteiger partial charge in [-0.25, -0.2) is 0 Å². The summed E-state index contributed by atoms with van der Waals surface area (Å²) in [5.41, 5.74) is 8.54. The summed E-state index contributed by atoms with van der Waals surface area (Å²) in [7, 11) is 0. The summed E-state index contributed by atoms with van der Waals surface area (Å²) in [6, 6.07) is 25.0. The molecule has 0 bridgehead atoms. The molecule has 0 heterocycles. The maximum atomic E-state index is 12.9. The number of thioether (sulfide) groups is 2. The highest BCUT2D eigenvalue weighted by atomic mass is 32.2. The Hall–Kier alpha value is -3.13. The molecule has 43 heavy (non-hydrogen) atoms. The first-order valence-corrected chi connectivity index (χ1v) is 17.0. The lowest BCUT2D eigenvalue weighted by molar-refractivity contribution is -0.116. The highest BCUT2D eigenvalue weighted by molar-refractivity contribution is 8.01. The zero-order valence-electron chi connectivity index (χ0n) is 26.1. The fourth-order valence-corrected chi connectivity index (χ4v) is 7.58. The minimum Gasteiger partial charge on any atom is -0.325 e. The van der Waals surface area contributed by atoms with Crippen LogP contribution in [-0.2, 0) is 9.59 Å². The standard InChI is InChI=1S/C36H40N2O2S3/c1-21-17-23(3)33(24(4)18-21)37-35(39)27(7)41-29-9-13-31(14-10-29)43-32-15-11-30(12-16-32)42-28(8)36(40)38-34-25(5)19-22(2)20-26(34)6/h9-20,27-28H,1-8H3,(H,37,39)(H,38,40)/t27-,28-/m1/s1. The molecule has 0 aromatic heterocycles. The molecule has 2 amide bonds. The molecule has 4 nitrogen and oxygen atoms in total. The van der Waals surface area contributed by atoms with Crippen molar-refractivity contribution in [3.05, 3.63) is 106 Å². The van der Waals surface area contributed by atoms with Crippen LogP contribution in [-0.4, -0.2) is 22.3 Å². The SMILES string of the molecule is Cc1cc(C)c(NC(=O)[C@@H](C)Sc2ccc(Sc3ccc(S[C@H](C)C(=O)Nc4c(C)cc(C)cc4C)cc3)cc2)c(C)c1. The summed E-state index contributed by atoms with van der Waals surface area (Å²) in [5.74, 6) is 0.00674. The van der Waals surface area contributed by atoms with Crippen LogP contribution in [0.25, 0.3) is 0 Å². The number of carbonyl (C=O) groups is 2. The Labute approximate surface area is 269 Å². The largest absolute Gasteiger partial charge is 0.325 e. The van der Waals surface area contributed by atoms with E-state index in [1.165, 1.54) is 11.1 Å². The molecule has 4 rings (SSSR count). The van der Waals surface area contributed by atoms with Gasteiger partial charge in [0.1, 0.15) is 0 Å². The van der Waals surface area contributed by atoms with E-state index in [9.17, 15) is 9.59 Å². The van der Waals surface area contributed by atoms with E-state index >= 15 is 0 Å². The Balaban J connectivity index is 1.29. The van der Waals surface area contributed by atoms with Crippen molar-refractivity contribution in [1.82, 2.24) is 0 Å². The van der Waals surface area contributed by atoms with Gasteiger partial charge in [-0.1, -0.05) is 47.2 Å². The summed E-state index contributed by atoms with van der Waals surface area (Å²) in [4.78, 5) is 30.2. The van der Waals surface area contributed by atoms with Crippen LogP contribution in [0.2, 0.25) is 0 Å². The molecule has 0 aliphatic heterocycles. The fourth-order valence-electron chi connectivity index (χ4n) is 5.03. The highest BCUT2D eigenvalue weighted by Crippen LogP contribution is 2.34. The molecule has 0 aliphatic carbocycles. The van der Waals surface area contributed by atoms with Gasteiger partial charge in [-0.2, -0.15) is 0 Å². The van der Waals surface area contributed by atoms with Crippen molar-refractivity contribution in [1.29, 1.82) is 0 Å². The molecular weight excluding hydrogens is 589 g/mol. The minimum absolute atomic E-state index is 0.00337. The lowest BCUT2D eigenvalue weighted by atomic mass is 10.1. The molecule has 0 radical (unpaired) electrons. The molecule has 0 saturated heterocycles. The van der Waals surface area contributed by atoms with Crippen molar-refractivity contribution >= 4 is 58.5 Å². The third kappa shape index (κ3) is 8.94. The van der Waals surface area contributed by atoms with E-state index in [0.29, 0.717) is 0 Å². The maximum Gasteiger partial charge on any atom is 0.237 e. The van der Waals surface area contributed by atoms with Crippen molar-refractivity contribution in [2.24, 2.45) is 0 Å². The van der Waals surface area contributed by atoms with Crippen molar-refractivity contribution in [3.63, 3.8) is 0 Å². The first-order valence-electron chi connectivity index (χ1n) is 14.4.